The number of aromatic hydroxyl groups is 1. The maximum absolute atomic E-state index is 9.42. The third-order valence-corrected chi connectivity index (χ3v) is 4.00. The van der Waals surface area contributed by atoms with E-state index in [1.165, 1.54) is 11.1 Å². The molecule has 0 spiro atoms. The number of hydrogen-bond acceptors (Lipinski definition) is 1. The van der Waals surface area contributed by atoms with Crippen LogP contribution in [0.5, 0.6) is 5.75 Å². The Hall–Kier alpha value is -2.51. The molecule has 0 fully saturated rings. The Morgan fingerprint density at radius 2 is 1.52 bits per heavy atom. The van der Waals surface area contributed by atoms with Crippen molar-refractivity contribution in [2.24, 2.45) is 0 Å². The molecule has 0 bridgehead atoms. The van der Waals surface area contributed by atoms with Gasteiger partial charge in [-0.05, 0) is 40.8 Å². The van der Waals surface area contributed by atoms with Crippen molar-refractivity contribution in [3.8, 4) is 16.9 Å². The summed E-state index contributed by atoms with van der Waals surface area (Å²) >= 11 is 5.91. The highest BCUT2D eigenvalue weighted by atomic mass is 35.5. The van der Waals surface area contributed by atoms with E-state index in [9.17, 15) is 5.11 Å². The van der Waals surface area contributed by atoms with Gasteiger partial charge >= 0.3 is 0 Å². The Morgan fingerprint density at radius 1 is 0.826 bits per heavy atom. The van der Waals surface area contributed by atoms with Gasteiger partial charge in [0.25, 0.3) is 0 Å². The van der Waals surface area contributed by atoms with Crippen molar-refractivity contribution in [1.29, 1.82) is 0 Å². The number of benzene rings is 3. The number of phenolic OH excluding ortho intramolecular Hbond substituents is 1. The number of phenols is 1. The fourth-order valence-electron chi connectivity index (χ4n) is 2.43. The number of halogens is 1. The van der Waals surface area contributed by atoms with E-state index in [0.717, 1.165) is 17.5 Å². The first-order valence-electron chi connectivity index (χ1n) is 7.52. The largest absolute Gasteiger partial charge is 0.506 e. The van der Waals surface area contributed by atoms with Crippen LogP contribution in [0, 0.1) is 0 Å². The monoisotopic (exact) mass is 320 g/mol. The molecule has 23 heavy (non-hydrogen) atoms. The molecule has 0 aromatic heterocycles. The summed E-state index contributed by atoms with van der Waals surface area (Å²) in [6, 6.07) is 24.1. The Bertz CT molecular complexity index is 805. The summed E-state index contributed by atoms with van der Waals surface area (Å²) in [6.45, 7) is 0. The van der Waals surface area contributed by atoms with Crippen LogP contribution in [0.4, 0.5) is 0 Å². The van der Waals surface area contributed by atoms with Gasteiger partial charge in [0.05, 0.1) is 5.02 Å². The SMILES string of the molecule is Oc1ccc(C/C=C/c2ccc(-c3ccccc3)cc2)cc1Cl. The zero-order chi connectivity index (χ0) is 16.1. The van der Waals surface area contributed by atoms with Crippen LogP contribution in [0.1, 0.15) is 11.1 Å². The first-order chi connectivity index (χ1) is 11.2. The first kappa shape index (κ1) is 15.4. The Balaban J connectivity index is 1.67. The molecule has 0 unspecified atom stereocenters. The lowest BCUT2D eigenvalue weighted by atomic mass is 10.0. The van der Waals surface area contributed by atoms with Crippen LogP contribution in [-0.2, 0) is 6.42 Å². The van der Waals surface area contributed by atoms with Gasteiger partial charge in [0.2, 0.25) is 0 Å². The van der Waals surface area contributed by atoms with Crippen molar-refractivity contribution in [2.45, 2.75) is 6.42 Å². The quantitative estimate of drug-likeness (QED) is 0.628. The van der Waals surface area contributed by atoms with Gasteiger partial charge in [-0.1, -0.05) is 84.4 Å². The summed E-state index contributed by atoms with van der Waals surface area (Å²) in [5.74, 6) is 0.121. The zero-order valence-corrected chi connectivity index (χ0v) is 13.4. The van der Waals surface area contributed by atoms with Gasteiger partial charge < -0.3 is 5.11 Å². The molecule has 1 nitrogen and oxygen atoms in total. The molecular formula is C21H17ClO. The molecule has 0 radical (unpaired) electrons. The molecule has 0 aliphatic heterocycles. The van der Waals surface area contributed by atoms with Gasteiger partial charge in [-0.3, -0.25) is 0 Å². The van der Waals surface area contributed by atoms with Crippen LogP contribution in [0.3, 0.4) is 0 Å². The summed E-state index contributed by atoms with van der Waals surface area (Å²) in [5, 5.41) is 9.81. The molecule has 0 amide bonds. The van der Waals surface area contributed by atoms with Crippen molar-refractivity contribution >= 4 is 17.7 Å². The summed E-state index contributed by atoms with van der Waals surface area (Å²) in [7, 11) is 0. The van der Waals surface area contributed by atoms with Crippen molar-refractivity contribution in [2.75, 3.05) is 0 Å². The fraction of sp³-hybridized carbons (Fsp3) is 0.0476. The summed E-state index contributed by atoms with van der Waals surface area (Å²) in [5.41, 5.74) is 4.68. The van der Waals surface area contributed by atoms with E-state index in [4.69, 9.17) is 11.6 Å². The molecule has 0 aliphatic carbocycles. The zero-order valence-electron chi connectivity index (χ0n) is 12.6. The minimum Gasteiger partial charge on any atom is -0.506 e. The van der Waals surface area contributed by atoms with Crippen LogP contribution in [0.25, 0.3) is 17.2 Å². The molecular weight excluding hydrogens is 304 g/mol. The van der Waals surface area contributed by atoms with Gasteiger partial charge in [0.15, 0.2) is 0 Å². The molecule has 0 heterocycles. The van der Waals surface area contributed by atoms with Crippen LogP contribution < -0.4 is 0 Å². The molecule has 0 saturated heterocycles. The molecule has 3 rings (SSSR count). The molecule has 2 heteroatoms. The van der Waals surface area contributed by atoms with Gasteiger partial charge in [0, 0.05) is 0 Å². The topological polar surface area (TPSA) is 20.2 Å². The summed E-state index contributed by atoms with van der Waals surface area (Å²) < 4.78 is 0. The van der Waals surface area contributed by atoms with Crippen LogP contribution in [0.15, 0.2) is 78.9 Å². The molecule has 0 atom stereocenters. The van der Waals surface area contributed by atoms with E-state index < -0.39 is 0 Å². The van der Waals surface area contributed by atoms with E-state index in [1.54, 1.807) is 12.1 Å². The molecule has 114 valence electrons. The lowest BCUT2D eigenvalue weighted by Gasteiger charge is -2.02. The predicted octanol–water partition coefficient (Wildman–Crippen LogP) is 5.97. The highest BCUT2D eigenvalue weighted by molar-refractivity contribution is 6.32. The molecule has 0 aliphatic rings. The van der Waals surface area contributed by atoms with Gasteiger partial charge in [-0.2, -0.15) is 0 Å². The van der Waals surface area contributed by atoms with Crippen LogP contribution in [0.2, 0.25) is 5.02 Å². The van der Waals surface area contributed by atoms with E-state index in [0.29, 0.717) is 5.02 Å². The normalized spacial score (nSPS) is 11.0. The van der Waals surface area contributed by atoms with E-state index in [-0.39, 0.29) is 5.75 Å². The van der Waals surface area contributed by atoms with Crippen LogP contribution in [-0.4, -0.2) is 5.11 Å². The first-order valence-corrected chi connectivity index (χ1v) is 7.89. The second kappa shape index (κ2) is 7.17. The fourth-order valence-corrected chi connectivity index (χ4v) is 2.63. The van der Waals surface area contributed by atoms with E-state index in [1.807, 2.05) is 24.3 Å². The highest BCUT2D eigenvalue weighted by Crippen LogP contribution is 2.24. The van der Waals surface area contributed by atoms with Gasteiger partial charge in [-0.15, -0.1) is 0 Å². The average molecular weight is 321 g/mol. The summed E-state index contributed by atoms with van der Waals surface area (Å²) in [4.78, 5) is 0. The Kier molecular flexibility index (Phi) is 4.80. The second-order valence-corrected chi connectivity index (χ2v) is 5.79. The molecule has 1 N–H and O–H groups in total. The minimum absolute atomic E-state index is 0.121. The average Bonchev–Trinajstić information content (AvgIpc) is 2.59. The van der Waals surface area contributed by atoms with Gasteiger partial charge in [0.1, 0.15) is 5.75 Å². The number of hydrogen-bond donors (Lipinski definition) is 1. The predicted molar refractivity (Wildman–Crippen MR) is 97.7 cm³/mol. The summed E-state index contributed by atoms with van der Waals surface area (Å²) in [6.07, 6.45) is 4.97. The smallest absolute Gasteiger partial charge is 0.134 e. The lowest BCUT2D eigenvalue weighted by Crippen LogP contribution is -1.81. The molecule has 3 aromatic carbocycles. The van der Waals surface area contributed by atoms with Crippen molar-refractivity contribution in [3.05, 3.63) is 95.0 Å². The van der Waals surface area contributed by atoms with E-state index in [2.05, 4.69) is 48.6 Å². The maximum atomic E-state index is 9.42. The highest BCUT2D eigenvalue weighted by Gasteiger charge is 1.99. The van der Waals surface area contributed by atoms with Crippen molar-refractivity contribution < 1.29 is 5.11 Å². The third kappa shape index (κ3) is 4.02. The standard InChI is InChI=1S/C21H17ClO/c22-20-15-17(11-14-21(20)23)6-4-5-16-9-12-19(13-10-16)18-7-2-1-3-8-18/h1-5,7-15,23H,6H2/b5-4+. The van der Waals surface area contributed by atoms with Crippen molar-refractivity contribution in [1.82, 2.24) is 0 Å². The maximum Gasteiger partial charge on any atom is 0.134 e. The number of rotatable bonds is 4. The van der Waals surface area contributed by atoms with Crippen LogP contribution >= 0.6 is 11.6 Å². The minimum atomic E-state index is 0.121. The second-order valence-electron chi connectivity index (χ2n) is 5.38. The van der Waals surface area contributed by atoms with Gasteiger partial charge in [-0.25, -0.2) is 0 Å². The lowest BCUT2D eigenvalue weighted by molar-refractivity contribution is 0.475. The number of allylic oxidation sites excluding steroid dienone is 1. The molecule has 0 saturated carbocycles. The van der Waals surface area contributed by atoms with E-state index >= 15 is 0 Å². The Labute approximate surface area is 141 Å². The third-order valence-electron chi connectivity index (χ3n) is 3.69. The molecule has 3 aromatic rings. The Morgan fingerprint density at radius 3 is 2.22 bits per heavy atom. The van der Waals surface area contributed by atoms with Crippen molar-refractivity contribution in [3.63, 3.8) is 0 Å².